The zero-order chi connectivity index (χ0) is 52.2. The van der Waals surface area contributed by atoms with E-state index in [4.69, 9.17) is 11.8 Å². The monoisotopic (exact) mass is 1130 g/mol. The molecule has 349 valence electrons. The number of rotatable bonds is 8. The van der Waals surface area contributed by atoms with Crippen LogP contribution in [0.1, 0.15) is 38.8 Å². The third-order valence-corrected chi connectivity index (χ3v) is 15.3. The summed E-state index contributed by atoms with van der Waals surface area (Å²) in [5.74, 6) is 0.169. The van der Waals surface area contributed by atoms with E-state index in [1.54, 1.807) is 12.3 Å². The second-order valence-corrected chi connectivity index (χ2v) is 25.4. The maximum absolute atomic E-state index is 14.7. The summed E-state index contributed by atoms with van der Waals surface area (Å²) in [5, 5.41) is 3.37. The summed E-state index contributed by atoms with van der Waals surface area (Å²) in [7, 11) is -1.92. The quantitative estimate of drug-likeness (QED) is 0.112. The Morgan fingerprint density at radius 3 is 2.03 bits per heavy atom. The second-order valence-electron chi connectivity index (χ2n) is 19.3. The minimum Gasteiger partial charge on any atom is -0.333 e. The Hall–Kier alpha value is -6.60. The molecule has 0 N–H and O–H groups in total. The Morgan fingerprint density at radius 2 is 1.33 bits per heavy atom. The summed E-state index contributed by atoms with van der Waals surface area (Å²) in [6.07, 6.45) is -0.0131. The molecule has 11 aromatic rings. The van der Waals surface area contributed by atoms with Crippen molar-refractivity contribution >= 4 is 55.8 Å². The molecule has 1 radical (unpaired) electrons. The molecule has 3 nitrogen and oxygen atoms in total. The van der Waals surface area contributed by atoms with Crippen molar-refractivity contribution in [1.29, 1.82) is 0 Å². The molecule has 0 aliphatic rings. The van der Waals surface area contributed by atoms with Crippen LogP contribution in [0.15, 0.2) is 188 Å². The van der Waals surface area contributed by atoms with Crippen molar-refractivity contribution in [1.82, 2.24) is 14.5 Å². The number of thiophene rings is 1. The maximum Gasteiger partial charge on any atom is 0.0798 e. The molecular weight excluding hydrogens is 1070 g/mol. The standard InChI is InChI=1S/C43H27N2S.C20H27FNSi.Ir/c1-3-12-29(13-4-1)30-22-24-31(25-23-30)33-26-27-35-36-17-11-18-37(42(36)46-41(35)28-33)43-44-38-19-8-10-21-40(38)45(43)39-20-9-7-16-34(39)32-14-5-2-6-15-32;1-14-8-9-16(17(21)10-14)18-11-15(12-20(2,3)4)19(13-22-18)23(5,6)7;/h1-17,19-28H;8,10-11,13H,12H2,1-7H3;/q2*-1;/i;1D3,12D2;. The van der Waals surface area contributed by atoms with Crippen molar-refractivity contribution in [3.05, 3.63) is 217 Å². The number of hydrogen-bond acceptors (Lipinski definition) is 3. The molecule has 0 bridgehead atoms. The molecule has 0 fully saturated rings. The predicted octanol–water partition coefficient (Wildman–Crippen LogP) is 17.0. The van der Waals surface area contributed by atoms with Crippen molar-refractivity contribution in [2.75, 3.05) is 0 Å². The first-order chi connectivity index (χ1) is 35.3. The van der Waals surface area contributed by atoms with Crippen LogP contribution in [0.2, 0.25) is 19.6 Å². The van der Waals surface area contributed by atoms with Gasteiger partial charge in [-0.1, -0.05) is 203 Å². The second kappa shape index (κ2) is 20.0. The van der Waals surface area contributed by atoms with Gasteiger partial charge in [-0.3, -0.25) is 9.37 Å². The van der Waals surface area contributed by atoms with Crippen molar-refractivity contribution in [2.45, 2.75) is 53.6 Å². The molecule has 3 heterocycles. The molecule has 0 unspecified atom stereocenters. The molecule has 0 amide bonds. The first-order valence-corrected chi connectivity index (χ1v) is 27.5. The van der Waals surface area contributed by atoms with E-state index in [1.807, 2.05) is 38.2 Å². The molecule has 0 saturated carbocycles. The van der Waals surface area contributed by atoms with E-state index >= 15 is 0 Å². The van der Waals surface area contributed by atoms with Gasteiger partial charge in [0, 0.05) is 54.9 Å². The first kappa shape index (κ1) is 42.3. The molecule has 11 rings (SSSR count). The average molecular weight is 1130 g/mol. The Kier molecular flexibility index (Phi) is 12.1. The fourth-order valence-corrected chi connectivity index (χ4v) is 11.5. The number of halogens is 1. The summed E-state index contributed by atoms with van der Waals surface area (Å²) in [5.41, 5.74) is 11.4. The first-order valence-electron chi connectivity index (χ1n) is 25.7. The van der Waals surface area contributed by atoms with E-state index in [2.05, 4.69) is 199 Å². The molecule has 0 atom stereocenters. The van der Waals surface area contributed by atoms with Crippen LogP contribution in [-0.4, -0.2) is 22.6 Å². The summed E-state index contributed by atoms with van der Waals surface area (Å²) in [6.45, 7) is 9.42. The predicted molar refractivity (Wildman–Crippen MR) is 294 cm³/mol. The van der Waals surface area contributed by atoms with Gasteiger partial charge in [0.15, 0.2) is 0 Å². The number of hydrogen-bond donors (Lipinski definition) is 0. The Labute approximate surface area is 437 Å². The SMILES string of the molecule is [2H]C([2H])([2H])c1c[c-]c(-c2cc(C([2H])([2H])C(C)(C)C)c([Si](C)(C)C)cn2)c(F)c1.[Ir].[c-]1ccc2c(sc3cc(-c4ccc(-c5ccccc5)cc4)ccc32)c1-c1nc2ccccc2n1-c1ccccc1-c1ccccc1. The van der Waals surface area contributed by atoms with E-state index in [-0.39, 0.29) is 36.9 Å². The summed E-state index contributed by atoms with van der Waals surface area (Å²) in [6, 6.07) is 68.2. The van der Waals surface area contributed by atoms with Gasteiger partial charge in [0.2, 0.25) is 0 Å². The zero-order valence-electron chi connectivity index (χ0n) is 44.9. The van der Waals surface area contributed by atoms with Crippen molar-refractivity contribution < 1.29 is 31.3 Å². The van der Waals surface area contributed by atoms with Crippen LogP contribution in [0.5, 0.6) is 0 Å². The number of aryl methyl sites for hydroxylation is 1. The number of fused-ring (bicyclic) bond motifs is 4. The normalized spacial score (nSPS) is 13.1. The van der Waals surface area contributed by atoms with E-state index in [1.165, 1.54) is 59.6 Å². The van der Waals surface area contributed by atoms with Gasteiger partial charge in [-0.2, -0.15) is 11.3 Å². The zero-order valence-corrected chi connectivity index (χ0v) is 44.1. The molecule has 0 saturated heterocycles. The van der Waals surface area contributed by atoms with Gasteiger partial charge in [-0.25, -0.2) is 0 Å². The van der Waals surface area contributed by atoms with Crippen LogP contribution in [-0.2, 0) is 26.5 Å². The number of pyridine rings is 1. The smallest absolute Gasteiger partial charge is 0.0798 e. The summed E-state index contributed by atoms with van der Waals surface area (Å²) in [4.78, 5) is 9.63. The number of benzene rings is 8. The molecule has 3 aromatic heterocycles. The Balaban J connectivity index is 0.000000206. The van der Waals surface area contributed by atoms with Gasteiger partial charge in [-0.15, -0.1) is 42.0 Å². The number of nitrogens with zero attached hydrogens (tertiary/aromatic N) is 3. The molecular formula is C63H54FIrN3SSi-2. The summed E-state index contributed by atoms with van der Waals surface area (Å²) >= 11 is 1.82. The molecule has 8 aromatic carbocycles. The van der Waals surface area contributed by atoms with Crippen molar-refractivity contribution in [3.8, 4) is 61.7 Å². The molecule has 0 aliphatic heterocycles. The van der Waals surface area contributed by atoms with Gasteiger partial charge < -0.3 is 9.55 Å². The summed E-state index contributed by atoms with van der Waals surface area (Å²) < 4.78 is 59.2. The van der Waals surface area contributed by atoms with Crippen molar-refractivity contribution in [2.24, 2.45) is 5.41 Å². The van der Waals surface area contributed by atoms with E-state index in [0.717, 1.165) is 39.4 Å². The Morgan fingerprint density at radius 1 is 0.686 bits per heavy atom. The Bertz CT molecular complexity index is 3840. The average Bonchev–Trinajstić information content (AvgIpc) is 3.97. The van der Waals surface area contributed by atoms with Gasteiger partial charge in [-0.05, 0) is 84.8 Å². The third-order valence-electron chi connectivity index (χ3n) is 12.1. The van der Waals surface area contributed by atoms with Crippen LogP contribution >= 0.6 is 11.3 Å². The third kappa shape index (κ3) is 10.0. The molecule has 0 aliphatic carbocycles. The van der Waals surface area contributed by atoms with Crippen LogP contribution in [0, 0.1) is 30.2 Å². The molecule has 0 spiro atoms. The van der Waals surface area contributed by atoms with Crippen LogP contribution in [0.25, 0.3) is 92.9 Å². The van der Waals surface area contributed by atoms with E-state index in [9.17, 15) is 4.39 Å². The maximum atomic E-state index is 14.7. The minimum absolute atomic E-state index is 0. The van der Waals surface area contributed by atoms with E-state index in [0.29, 0.717) is 5.56 Å². The number of aromatic nitrogens is 3. The molecule has 70 heavy (non-hydrogen) atoms. The molecule has 7 heteroatoms. The largest absolute Gasteiger partial charge is 0.333 e. The van der Waals surface area contributed by atoms with Gasteiger partial charge in [0.05, 0.1) is 24.9 Å². The fraction of sp³-hybridized carbons (Fsp3) is 0.143. The van der Waals surface area contributed by atoms with Crippen LogP contribution in [0.3, 0.4) is 0 Å². The number of imidazole rings is 1. The van der Waals surface area contributed by atoms with Crippen LogP contribution < -0.4 is 5.19 Å². The van der Waals surface area contributed by atoms with Gasteiger partial charge >= 0.3 is 0 Å². The topological polar surface area (TPSA) is 30.7 Å². The number of para-hydroxylation sites is 3. The van der Waals surface area contributed by atoms with Gasteiger partial charge in [0.1, 0.15) is 0 Å². The minimum atomic E-state index is -2.42. The van der Waals surface area contributed by atoms with Crippen LogP contribution in [0.4, 0.5) is 4.39 Å². The fourth-order valence-electron chi connectivity index (χ4n) is 8.90. The van der Waals surface area contributed by atoms with Crippen molar-refractivity contribution in [3.63, 3.8) is 0 Å². The van der Waals surface area contributed by atoms with E-state index < -0.39 is 32.5 Å². The van der Waals surface area contributed by atoms with Gasteiger partial charge in [0.25, 0.3) is 0 Å².